The number of rotatable bonds is 6. The molecule has 2 aliphatic rings. The Hall–Kier alpha value is -1.92. The number of carbonyl (C=O) groups is 2. The van der Waals surface area contributed by atoms with Gasteiger partial charge in [-0.25, -0.2) is 0 Å². The molecule has 6 nitrogen and oxygen atoms in total. The van der Waals surface area contributed by atoms with E-state index < -0.39 is 11.5 Å². The van der Waals surface area contributed by atoms with E-state index in [4.69, 9.17) is 10.5 Å². The van der Waals surface area contributed by atoms with Crippen LogP contribution in [-0.4, -0.2) is 37.1 Å². The Kier molecular flexibility index (Phi) is 6.17. The van der Waals surface area contributed by atoms with Crippen LogP contribution in [0.1, 0.15) is 49.7 Å². The molecule has 148 valence electrons. The Bertz CT molecular complexity index is 698. The van der Waals surface area contributed by atoms with Crippen LogP contribution in [-0.2, 0) is 14.3 Å². The summed E-state index contributed by atoms with van der Waals surface area (Å²) in [6.45, 7) is 4.88. The van der Waals surface area contributed by atoms with Crippen LogP contribution in [0, 0.1) is 19.3 Å². The molecule has 1 aromatic carbocycles. The van der Waals surface area contributed by atoms with Crippen LogP contribution in [0.25, 0.3) is 0 Å². The molecule has 3 rings (SSSR count). The van der Waals surface area contributed by atoms with Crippen molar-refractivity contribution in [1.29, 1.82) is 0 Å². The Morgan fingerprint density at radius 1 is 1.19 bits per heavy atom. The van der Waals surface area contributed by atoms with Gasteiger partial charge in [-0.05, 0) is 62.8 Å². The molecular formula is C21H31N3O3. The van der Waals surface area contributed by atoms with E-state index in [9.17, 15) is 9.59 Å². The zero-order valence-corrected chi connectivity index (χ0v) is 16.3. The molecule has 1 heterocycles. The summed E-state index contributed by atoms with van der Waals surface area (Å²) < 4.78 is 5.66. The van der Waals surface area contributed by atoms with Crippen molar-refractivity contribution in [3.05, 3.63) is 29.3 Å². The summed E-state index contributed by atoms with van der Waals surface area (Å²) in [5.74, 6) is -0.132. The van der Waals surface area contributed by atoms with Gasteiger partial charge >= 0.3 is 0 Å². The number of carbonyl (C=O) groups excluding carboxylic acids is 2. The maximum Gasteiger partial charge on any atom is 0.249 e. The second-order valence-corrected chi connectivity index (χ2v) is 8.02. The summed E-state index contributed by atoms with van der Waals surface area (Å²) in [5, 5.41) is 6.04. The van der Waals surface area contributed by atoms with Crippen LogP contribution in [0.2, 0.25) is 0 Å². The second-order valence-electron chi connectivity index (χ2n) is 8.02. The average Bonchev–Trinajstić information content (AvgIpc) is 3.33. The normalized spacial score (nSPS) is 24.0. The number of hydrogen-bond donors (Lipinski definition) is 3. The van der Waals surface area contributed by atoms with Gasteiger partial charge in [-0.1, -0.05) is 18.9 Å². The SMILES string of the molecule is Cc1ccc(NC(=O)C2(CNC(=O)[C@@H]3CC[C@H](CN)O3)CCCC2)cc1C. The quantitative estimate of drug-likeness (QED) is 0.714. The first-order valence-electron chi connectivity index (χ1n) is 9.95. The average molecular weight is 373 g/mol. The molecule has 1 saturated carbocycles. The molecular weight excluding hydrogens is 342 g/mol. The predicted molar refractivity (Wildman–Crippen MR) is 105 cm³/mol. The van der Waals surface area contributed by atoms with Crippen LogP contribution in [0.3, 0.4) is 0 Å². The van der Waals surface area contributed by atoms with E-state index in [0.717, 1.165) is 43.4 Å². The molecule has 0 spiro atoms. The number of nitrogens with one attached hydrogen (secondary N) is 2. The highest BCUT2D eigenvalue weighted by atomic mass is 16.5. The van der Waals surface area contributed by atoms with Crippen molar-refractivity contribution in [3.63, 3.8) is 0 Å². The van der Waals surface area contributed by atoms with E-state index in [0.29, 0.717) is 19.5 Å². The summed E-state index contributed by atoms with van der Waals surface area (Å²) in [6.07, 6.45) is 4.62. The minimum absolute atomic E-state index is 0.00396. The topological polar surface area (TPSA) is 93.5 Å². The lowest BCUT2D eigenvalue weighted by Crippen LogP contribution is -2.46. The van der Waals surface area contributed by atoms with Crippen molar-refractivity contribution in [1.82, 2.24) is 5.32 Å². The van der Waals surface area contributed by atoms with E-state index in [-0.39, 0.29) is 17.9 Å². The summed E-state index contributed by atoms with van der Waals surface area (Å²) >= 11 is 0. The van der Waals surface area contributed by atoms with Crippen molar-refractivity contribution in [2.45, 2.75) is 64.6 Å². The zero-order valence-electron chi connectivity index (χ0n) is 16.3. The van der Waals surface area contributed by atoms with Gasteiger partial charge in [-0.15, -0.1) is 0 Å². The maximum absolute atomic E-state index is 13.1. The van der Waals surface area contributed by atoms with E-state index in [1.54, 1.807) is 0 Å². The van der Waals surface area contributed by atoms with Crippen LogP contribution < -0.4 is 16.4 Å². The van der Waals surface area contributed by atoms with Crippen molar-refractivity contribution in [2.75, 3.05) is 18.4 Å². The van der Waals surface area contributed by atoms with Crippen molar-refractivity contribution in [3.8, 4) is 0 Å². The van der Waals surface area contributed by atoms with Crippen LogP contribution in [0.15, 0.2) is 18.2 Å². The first-order chi connectivity index (χ1) is 12.9. The Labute approximate surface area is 161 Å². The van der Waals surface area contributed by atoms with E-state index >= 15 is 0 Å². The fourth-order valence-corrected chi connectivity index (χ4v) is 4.06. The molecule has 1 aliphatic heterocycles. The number of benzene rings is 1. The largest absolute Gasteiger partial charge is 0.364 e. The molecule has 0 bridgehead atoms. The molecule has 4 N–H and O–H groups in total. The third-order valence-electron chi connectivity index (χ3n) is 6.07. The number of aryl methyl sites for hydroxylation is 2. The molecule has 1 saturated heterocycles. The molecule has 0 unspecified atom stereocenters. The van der Waals surface area contributed by atoms with E-state index in [1.807, 2.05) is 25.1 Å². The van der Waals surface area contributed by atoms with Crippen molar-refractivity contribution < 1.29 is 14.3 Å². The summed E-state index contributed by atoms with van der Waals surface area (Å²) in [7, 11) is 0. The van der Waals surface area contributed by atoms with Gasteiger partial charge in [0.1, 0.15) is 6.10 Å². The third kappa shape index (κ3) is 4.50. The molecule has 2 amide bonds. The second kappa shape index (κ2) is 8.40. The van der Waals surface area contributed by atoms with Crippen LogP contribution >= 0.6 is 0 Å². The Morgan fingerprint density at radius 2 is 1.93 bits per heavy atom. The van der Waals surface area contributed by atoms with E-state index in [2.05, 4.69) is 17.6 Å². The number of nitrogens with two attached hydrogens (primary N) is 1. The van der Waals surface area contributed by atoms with Crippen LogP contribution in [0.4, 0.5) is 5.69 Å². The number of amides is 2. The predicted octanol–water partition coefficient (Wildman–Crippen LogP) is 2.42. The van der Waals surface area contributed by atoms with E-state index in [1.165, 1.54) is 5.56 Å². The lowest BCUT2D eigenvalue weighted by atomic mass is 9.84. The minimum Gasteiger partial charge on any atom is -0.364 e. The highest BCUT2D eigenvalue weighted by molar-refractivity contribution is 5.96. The highest BCUT2D eigenvalue weighted by Crippen LogP contribution is 2.39. The standard InChI is InChI=1S/C21H31N3O3/c1-14-5-6-16(11-15(14)2)24-20(26)21(9-3-4-10-21)13-23-19(25)18-8-7-17(12-22)27-18/h5-6,11,17-18H,3-4,7-10,12-13,22H2,1-2H3,(H,23,25)(H,24,26)/t17-,18+/m1/s1. The van der Waals surface area contributed by atoms with Gasteiger partial charge in [0.15, 0.2) is 0 Å². The molecule has 1 aliphatic carbocycles. The smallest absolute Gasteiger partial charge is 0.249 e. The Balaban J connectivity index is 1.62. The van der Waals surface area contributed by atoms with Crippen molar-refractivity contribution >= 4 is 17.5 Å². The van der Waals surface area contributed by atoms with Crippen LogP contribution in [0.5, 0.6) is 0 Å². The molecule has 27 heavy (non-hydrogen) atoms. The highest BCUT2D eigenvalue weighted by Gasteiger charge is 2.42. The molecule has 0 radical (unpaired) electrons. The lowest BCUT2D eigenvalue weighted by molar-refractivity contribution is -0.133. The fraction of sp³-hybridized carbons (Fsp3) is 0.619. The lowest BCUT2D eigenvalue weighted by Gasteiger charge is -2.28. The first kappa shape index (κ1) is 19.8. The van der Waals surface area contributed by atoms with Gasteiger partial charge in [-0.2, -0.15) is 0 Å². The van der Waals surface area contributed by atoms with Gasteiger partial charge in [-0.3, -0.25) is 9.59 Å². The molecule has 0 aromatic heterocycles. The third-order valence-corrected chi connectivity index (χ3v) is 6.07. The summed E-state index contributed by atoms with van der Waals surface area (Å²) in [4.78, 5) is 25.5. The van der Waals surface area contributed by atoms with Gasteiger partial charge in [0.05, 0.1) is 11.5 Å². The number of anilines is 1. The monoisotopic (exact) mass is 373 g/mol. The molecule has 6 heteroatoms. The van der Waals surface area contributed by atoms with Gasteiger partial charge in [0.2, 0.25) is 11.8 Å². The molecule has 1 aromatic rings. The number of ether oxygens (including phenoxy) is 1. The minimum atomic E-state index is -0.541. The Morgan fingerprint density at radius 3 is 2.56 bits per heavy atom. The molecule has 2 atom stereocenters. The van der Waals surface area contributed by atoms with Gasteiger partial charge < -0.3 is 21.1 Å². The molecule has 2 fully saturated rings. The fourth-order valence-electron chi connectivity index (χ4n) is 4.06. The van der Waals surface area contributed by atoms with Crippen molar-refractivity contribution in [2.24, 2.45) is 11.1 Å². The summed E-state index contributed by atoms with van der Waals surface area (Å²) in [5.41, 5.74) is 8.23. The summed E-state index contributed by atoms with van der Waals surface area (Å²) in [6, 6.07) is 5.94. The maximum atomic E-state index is 13.1. The van der Waals surface area contributed by atoms with Gasteiger partial charge in [0, 0.05) is 18.8 Å². The van der Waals surface area contributed by atoms with Gasteiger partial charge in [0.25, 0.3) is 0 Å². The number of hydrogen-bond acceptors (Lipinski definition) is 4. The zero-order chi connectivity index (χ0) is 19.4. The first-order valence-corrected chi connectivity index (χ1v) is 9.95.